The first kappa shape index (κ1) is 13.0. The molecule has 0 saturated heterocycles. The largest absolute Gasteiger partial charge is 0.338 e. The lowest BCUT2D eigenvalue weighted by atomic mass is 10.1. The SMILES string of the molecule is Clc1ccc(-c2ccc(-c3nc4ccccc4[nH]3)cc2)nn1. The molecule has 4 rings (SSSR count). The Morgan fingerprint density at radius 3 is 2.27 bits per heavy atom. The standard InChI is InChI=1S/C17H11ClN4/c18-16-10-9-13(21-22-16)11-5-7-12(8-6-11)17-19-14-3-1-2-4-15(14)20-17/h1-10H,(H,19,20). The van der Waals surface area contributed by atoms with E-state index >= 15 is 0 Å². The van der Waals surface area contributed by atoms with Gasteiger partial charge in [-0.1, -0.05) is 48.0 Å². The predicted molar refractivity (Wildman–Crippen MR) is 87.6 cm³/mol. The first-order chi connectivity index (χ1) is 10.8. The van der Waals surface area contributed by atoms with Crippen molar-refractivity contribution in [2.24, 2.45) is 0 Å². The highest BCUT2D eigenvalue weighted by Gasteiger charge is 2.06. The molecule has 0 aliphatic rings. The summed E-state index contributed by atoms with van der Waals surface area (Å²) < 4.78 is 0. The number of H-pyrrole nitrogens is 1. The van der Waals surface area contributed by atoms with E-state index in [-0.39, 0.29) is 0 Å². The molecule has 0 fully saturated rings. The van der Waals surface area contributed by atoms with Gasteiger partial charge in [0.25, 0.3) is 0 Å². The van der Waals surface area contributed by atoms with Crippen molar-refractivity contribution in [3.05, 3.63) is 65.8 Å². The van der Waals surface area contributed by atoms with Crippen molar-refractivity contribution in [1.82, 2.24) is 20.2 Å². The maximum absolute atomic E-state index is 5.76. The number of fused-ring (bicyclic) bond motifs is 1. The molecule has 1 N–H and O–H groups in total. The molecule has 22 heavy (non-hydrogen) atoms. The van der Waals surface area contributed by atoms with Crippen LogP contribution in [0, 0.1) is 0 Å². The summed E-state index contributed by atoms with van der Waals surface area (Å²) in [5.41, 5.74) is 4.81. The summed E-state index contributed by atoms with van der Waals surface area (Å²) in [6, 6.07) is 19.6. The second-order valence-corrected chi connectivity index (χ2v) is 5.31. The first-order valence-corrected chi connectivity index (χ1v) is 7.22. The van der Waals surface area contributed by atoms with Crippen LogP contribution >= 0.6 is 11.6 Å². The van der Waals surface area contributed by atoms with E-state index in [1.165, 1.54) is 0 Å². The zero-order valence-corrected chi connectivity index (χ0v) is 12.2. The second-order valence-electron chi connectivity index (χ2n) is 4.92. The Morgan fingerprint density at radius 2 is 1.55 bits per heavy atom. The number of hydrogen-bond acceptors (Lipinski definition) is 3. The van der Waals surface area contributed by atoms with Crippen LogP contribution in [0.4, 0.5) is 0 Å². The molecule has 2 aromatic carbocycles. The quantitative estimate of drug-likeness (QED) is 0.599. The van der Waals surface area contributed by atoms with Gasteiger partial charge in [0, 0.05) is 11.1 Å². The highest BCUT2D eigenvalue weighted by Crippen LogP contribution is 2.24. The molecule has 4 aromatic rings. The fourth-order valence-corrected chi connectivity index (χ4v) is 2.46. The number of halogens is 1. The molecule has 4 nitrogen and oxygen atoms in total. The van der Waals surface area contributed by atoms with E-state index in [4.69, 9.17) is 11.6 Å². The van der Waals surface area contributed by atoms with E-state index < -0.39 is 0 Å². The van der Waals surface area contributed by atoms with Gasteiger partial charge in [0.15, 0.2) is 5.15 Å². The maximum atomic E-state index is 5.76. The Hall–Kier alpha value is -2.72. The van der Waals surface area contributed by atoms with Crippen LogP contribution in [-0.4, -0.2) is 20.2 Å². The monoisotopic (exact) mass is 306 g/mol. The van der Waals surface area contributed by atoms with Gasteiger partial charge < -0.3 is 4.98 Å². The highest BCUT2D eigenvalue weighted by atomic mass is 35.5. The first-order valence-electron chi connectivity index (χ1n) is 6.84. The fourth-order valence-electron chi connectivity index (χ4n) is 2.36. The minimum Gasteiger partial charge on any atom is -0.338 e. The summed E-state index contributed by atoms with van der Waals surface area (Å²) in [6.45, 7) is 0. The average Bonchev–Trinajstić information content (AvgIpc) is 3.00. The van der Waals surface area contributed by atoms with Gasteiger partial charge in [0.2, 0.25) is 0 Å². The maximum Gasteiger partial charge on any atom is 0.151 e. The van der Waals surface area contributed by atoms with Crippen LogP contribution in [0.15, 0.2) is 60.7 Å². The average molecular weight is 307 g/mol. The molecule has 0 unspecified atom stereocenters. The van der Waals surface area contributed by atoms with Crippen LogP contribution in [0.3, 0.4) is 0 Å². The van der Waals surface area contributed by atoms with Gasteiger partial charge in [-0.3, -0.25) is 0 Å². The Balaban J connectivity index is 1.70. The van der Waals surface area contributed by atoms with Gasteiger partial charge in [-0.05, 0) is 24.3 Å². The summed E-state index contributed by atoms with van der Waals surface area (Å²) in [5.74, 6) is 0.856. The van der Waals surface area contributed by atoms with Crippen molar-refractivity contribution in [2.45, 2.75) is 0 Å². The van der Waals surface area contributed by atoms with Gasteiger partial charge in [0.1, 0.15) is 5.82 Å². The number of para-hydroxylation sites is 2. The van der Waals surface area contributed by atoms with Crippen molar-refractivity contribution in [3.8, 4) is 22.6 Å². The third-order valence-electron chi connectivity index (χ3n) is 3.48. The molecule has 2 heterocycles. The third kappa shape index (κ3) is 2.34. The fraction of sp³-hybridized carbons (Fsp3) is 0. The molecular weight excluding hydrogens is 296 g/mol. The number of imidazole rings is 1. The number of aromatic nitrogens is 4. The number of hydrogen-bond donors (Lipinski definition) is 1. The van der Waals surface area contributed by atoms with Gasteiger partial charge in [-0.2, -0.15) is 0 Å². The van der Waals surface area contributed by atoms with Crippen LogP contribution in [-0.2, 0) is 0 Å². The molecular formula is C17H11ClN4. The van der Waals surface area contributed by atoms with Crippen LogP contribution < -0.4 is 0 Å². The molecule has 106 valence electrons. The van der Waals surface area contributed by atoms with Gasteiger partial charge in [0.05, 0.1) is 16.7 Å². The summed E-state index contributed by atoms with van der Waals surface area (Å²) in [6.07, 6.45) is 0. The lowest BCUT2D eigenvalue weighted by Gasteiger charge is -2.01. The third-order valence-corrected chi connectivity index (χ3v) is 3.68. The number of benzene rings is 2. The molecule has 0 atom stereocenters. The Bertz CT molecular complexity index is 894. The van der Waals surface area contributed by atoms with E-state index in [2.05, 4.69) is 20.2 Å². The van der Waals surface area contributed by atoms with Crippen LogP contribution in [0.5, 0.6) is 0 Å². The molecule has 5 heteroatoms. The number of nitrogens with zero attached hydrogens (tertiary/aromatic N) is 3. The molecule has 0 radical (unpaired) electrons. The van der Waals surface area contributed by atoms with E-state index in [0.717, 1.165) is 33.7 Å². The molecule has 0 bridgehead atoms. The lowest BCUT2D eigenvalue weighted by Crippen LogP contribution is -1.87. The molecule has 0 spiro atoms. The highest BCUT2D eigenvalue weighted by molar-refractivity contribution is 6.29. The lowest BCUT2D eigenvalue weighted by molar-refractivity contribution is 1.04. The molecule has 0 saturated carbocycles. The minimum absolute atomic E-state index is 0.391. The summed E-state index contributed by atoms with van der Waals surface area (Å²) in [4.78, 5) is 7.92. The smallest absolute Gasteiger partial charge is 0.151 e. The second kappa shape index (κ2) is 5.24. The normalized spacial score (nSPS) is 11.0. The van der Waals surface area contributed by atoms with Gasteiger partial charge in [-0.25, -0.2) is 4.98 Å². The topological polar surface area (TPSA) is 54.5 Å². The molecule has 0 amide bonds. The summed E-state index contributed by atoms with van der Waals surface area (Å²) in [5, 5.41) is 8.33. The molecule has 0 aliphatic heterocycles. The Kier molecular flexibility index (Phi) is 3.09. The van der Waals surface area contributed by atoms with Crippen molar-refractivity contribution >= 4 is 22.6 Å². The van der Waals surface area contributed by atoms with E-state index in [0.29, 0.717) is 5.15 Å². The molecule has 0 aliphatic carbocycles. The van der Waals surface area contributed by atoms with E-state index in [9.17, 15) is 0 Å². The van der Waals surface area contributed by atoms with Gasteiger partial charge >= 0.3 is 0 Å². The molecule has 2 aromatic heterocycles. The summed E-state index contributed by atoms with van der Waals surface area (Å²) >= 11 is 5.76. The zero-order chi connectivity index (χ0) is 14.9. The summed E-state index contributed by atoms with van der Waals surface area (Å²) in [7, 11) is 0. The van der Waals surface area contributed by atoms with Crippen molar-refractivity contribution in [2.75, 3.05) is 0 Å². The number of nitrogens with one attached hydrogen (secondary N) is 1. The van der Waals surface area contributed by atoms with Crippen molar-refractivity contribution < 1.29 is 0 Å². The van der Waals surface area contributed by atoms with Crippen molar-refractivity contribution in [1.29, 1.82) is 0 Å². The Morgan fingerprint density at radius 1 is 0.773 bits per heavy atom. The number of aromatic amines is 1. The zero-order valence-electron chi connectivity index (χ0n) is 11.5. The van der Waals surface area contributed by atoms with Crippen LogP contribution in [0.25, 0.3) is 33.7 Å². The predicted octanol–water partition coefficient (Wildman–Crippen LogP) is 4.34. The van der Waals surface area contributed by atoms with Gasteiger partial charge in [-0.15, -0.1) is 10.2 Å². The Labute approximate surface area is 131 Å². The van der Waals surface area contributed by atoms with Crippen LogP contribution in [0.2, 0.25) is 5.15 Å². The number of rotatable bonds is 2. The van der Waals surface area contributed by atoms with E-state index in [1.54, 1.807) is 6.07 Å². The van der Waals surface area contributed by atoms with E-state index in [1.807, 2.05) is 54.6 Å². The van der Waals surface area contributed by atoms with Crippen LogP contribution in [0.1, 0.15) is 0 Å². The minimum atomic E-state index is 0.391. The van der Waals surface area contributed by atoms with Crippen molar-refractivity contribution in [3.63, 3.8) is 0 Å².